The van der Waals surface area contributed by atoms with Crippen molar-refractivity contribution in [2.24, 2.45) is 0 Å². The smallest absolute Gasteiger partial charge is 0.416 e. The van der Waals surface area contributed by atoms with Gasteiger partial charge < -0.3 is 5.11 Å². The predicted molar refractivity (Wildman–Crippen MR) is 86.9 cm³/mol. The second kappa shape index (κ2) is 6.84. The molecule has 8 heteroatoms. The molecule has 1 rings (SSSR count). The monoisotopic (exact) mass is 365 g/mol. The van der Waals surface area contributed by atoms with E-state index < -0.39 is 44.9 Å². The summed E-state index contributed by atoms with van der Waals surface area (Å²) in [5, 5.41) is 9.55. The minimum absolute atomic E-state index is 0.000680. The standard InChI is InChI=1S/C16H22F3NO3S/c1-14(2,3)24(23)20-15(4,5)12(13(21)22)10-7-6-8-11(9-10)16(17,18)19/h6-9,12,20H,1-5H3,(H,21,22). The number of carboxylic acids is 1. The number of rotatable bonds is 5. The molecule has 2 N–H and O–H groups in total. The molecule has 136 valence electrons. The van der Waals surface area contributed by atoms with Crippen LogP contribution in [0.5, 0.6) is 0 Å². The van der Waals surface area contributed by atoms with E-state index in [1.54, 1.807) is 20.8 Å². The van der Waals surface area contributed by atoms with Crippen molar-refractivity contribution < 1.29 is 27.3 Å². The molecule has 0 radical (unpaired) electrons. The maximum absolute atomic E-state index is 12.9. The largest absolute Gasteiger partial charge is 0.481 e. The van der Waals surface area contributed by atoms with Gasteiger partial charge in [-0.1, -0.05) is 18.2 Å². The highest BCUT2D eigenvalue weighted by Gasteiger charge is 2.40. The number of halogens is 3. The Hall–Kier alpha value is -1.41. The van der Waals surface area contributed by atoms with Crippen molar-refractivity contribution in [2.75, 3.05) is 0 Å². The van der Waals surface area contributed by atoms with Crippen LogP contribution in [0.25, 0.3) is 0 Å². The van der Waals surface area contributed by atoms with Crippen LogP contribution in [0.1, 0.15) is 51.7 Å². The molecule has 0 amide bonds. The number of hydrogen-bond donors (Lipinski definition) is 2. The fraction of sp³-hybridized carbons (Fsp3) is 0.562. The molecule has 0 aromatic heterocycles. The van der Waals surface area contributed by atoms with E-state index in [0.717, 1.165) is 12.1 Å². The summed E-state index contributed by atoms with van der Waals surface area (Å²) in [6, 6.07) is 4.21. The maximum Gasteiger partial charge on any atom is 0.416 e. The van der Waals surface area contributed by atoms with Gasteiger partial charge in [-0.05, 0) is 46.2 Å². The molecule has 2 unspecified atom stereocenters. The van der Waals surface area contributed by atoms with Gasteiger partial charge in [0.05, 0.1) is 21.3 Å². The second-order valence-corrected chi connectivity index (χ2v) is 9.07. The lowest BCUT2D eigenvalue weighted by Crippen LogP contribution is -2.51. The van der Waals surface area contributed by atoms with Crippen LogP contribution in [0.4, 0.5) is 13.2 Å². The SMILES string of the molecule is CC(C)(NS(=O)C(C)(C)C)C(C(=O)O)c1cccc(C(F)(F)F)c1. The van der Waals surface area contributed by atoms with Crippen LogP contribution >= 0.6 is 0 Å². The van der Waals surface area contributed by atoms with Crippen molar-refractivity contribution in [1.29, 1.82) is 0 Å². The summed E-state index contributed by atoms with van der Waals surface area (Å²) in [5.41, 5.74) is -2.14. The first-order valence-corrected chi connectivity index (χ1v) is 8.41. The third kappa shape index (κ3) is 5.04. The lowest BCUT2D eigenvalue weighted by atomic mass is 9.82. The summed E-state index contributed by atoms with van der Waals surface area (Å²) in [7, 11) is -1.58. The van der Waals surface area contributed by atoms with E-state index in [-0.39, 0.29) is 5.56 Å². The molecule has 0 spiro atoms. The number of carboxylic acid groups (broad SMARTS) is 1. The molecule has 0 aliphatic carbocycles. The van der Waals surface area contributed by atoms with Crippen LogP contribution in [-0.2, 0) is 22.0 Å². The highest BCUT2D eigenvalue weighted by atomic mass is 32.2. The van der Waals surface area contributed by atoms with Crippen molar-refractivity contribution in [3.63, 3.8) is 0 Å². The fourth-order valence-corrected chi connectivity index (χ4v) is 3.12. The van der Waals surface area contributed by atoms with E-state index in [1.165, 1.54) is 26.0 Å². The van der Waals surface area contributed by atoms with Crippen molar-refractivity contribution in [2.45, 2.75) is 57.0 Å². The van der Waals surface area contributed by atoms with Crippen LogP contribution in [0.2, 0.25) is 0 Å². The fourth-order valence-electron chi connectivity index (χ4n) is 2.21. The average molecular weight is 365 g/mol. The number of hydrogen-bond acceptors (Lipinski definition) is 2. The van der Waals surface area contributed by atoms with Gasteiger partial charge in [0.2, 0.25) is 0 Å². The summed E-state index contributed by atoms with van der Waals surface area (Å²) >= 11 is 0. The van der Waals surface area contributed by atoms with Crippen LogP contribution in [0.15, 0.2) is 24.3 Å². The van der Waals surface area contributed by atoms with Gasteiger partial charge in [0.1, 0.15) is 5.92 Å². The molecule has 1 aromatic rings. The lowest BCUT2D eigenvalue weighted by molar-refractivity contribution is -0.141. The first kappa shape index (κ1) is 20.6. The van der Waals surface area contributed by atoms with Crippen molar-refractivity contribution in [3.8, 4) is 0 Å². The molecule has 0 bridgehead atoms. The number of aliphatic carboxylic acids is 1. The summed E-state index contributed by atoms with van der Waals surface area (Å²) in [6.45, 7) is 8.16. The van der Waals surface area contributed by atoms with Gasteiger partial charge in [0, 0.05) is 5.54 Å². The molecule has 24 heavy (non-hydrogen) atoms. The number of benzene rings is 1. The minimum Gasteiger partial charge on any atom is -0.481 e. The normalized spacial score (nSPS) is 15.8. The van der Waals surface area contributed by atoms with E-state index in [9.17, 15) is 27.3 Å². The van der Waals surface area contributed by atoms with E-state index in [4.69, 9.17) is 0 Å². The highest BCUT2D eigenvalue weighted by Crippen LogP contribution is 2.35. The van der Waals surface area contributed by atoms with Gasteiger partial charge in [0.15, 0.2) is 0 Å². The predicted octanol–water partition coefficient (Wildman–Crippen LogP) is 3.70. The van der Waals surface area contributed by atoms with Gasteiger partial charge in [-0.25, -0.2) is 8.93 Å². The molecular formula is C16H22F3NO3S. The molecule has 0 fully saturated rings. The Morgan fingerprint density at radius 1 is 1.17 bits per heavy atom. The van der Waals surface area contributed by atoms with E-state index in [2.05, 4.69) is 4.72 Å². The van der Waals surface area contributed by atoms with E-state index >= 15 is 0 Å². The van der Waals surface area contributed by atoms with Crippen LogP contribution in [-0.4, -0.2) is 25.6 Å². The van der Waals surface area contributed by atoms with Gasteiger partial charge in [-0.15, -0.1) is 0 Å². The summed E-state index contributed by atoms with van der Waals surface area (Å²) < 4.78 is 53.0. The Balaban J connectivity index is 3.29. The molecule has 0 aliphatic heterocycles. The molecule has 2 atom stereocenters. The number of nitrogens with one attached hydrogen (secondary N) is 1. The zero-order valence-electron chi connectivity index (χ0n) is 14.2. The lowest BCUT2D eigenvalue weighted by Gasteiger charge is -2.35. The maximum atomic E-state index is 12.9. The first-order valence-electron chi connectivity index (χ1n) is 7.26. The van der Waals surface area contributed by atoms with E-state index in [0.29, 0.717) is 0 Å². The molecule has 0 heterocycles. The van der Waals surface area contributed by atoms with Crippen LogP contribution in [0.3, 0.4) is 0 Å². The van der Waals surface area contributed by atoms with Crippen molar-refractivity contribution in [3.05, 3.63) is 35.4 Å². The molecule has 0 saturated carbocycles. The van der Waals surface area contributed by atoms with Gasteiger partial charge in [0.25, 0.3) is 0 Å². The van der Waals surface area contributed by atoms with Gasteiger partial charge in [-0.3, -0.25) is 4.79 Å². The third-order valence-electron chi connectivity index (χ3n) is 3.43. The highest BCUT2D eigenvalue weighted by molar-refractivity contribution is 7.84. The topological polar surface area (TPSA) is 66.4 Å². The zero-order chi connectivity index (χ0) is 18.9. The van der Waals surface area contributed by atoms with E-state index in [1.807, 2.05) is 0 Å². The minimum atomic E-state index is -4.56. The molecule has 1 aromatic carbocycles. The third-order valence-corrected chi connectivity index (χ3v) is 5.25. The summed E-state index contributed by atoms with van der Waals surface area (Å²) in [5.74, 6) is -2.59. The first-order chi connectivity index (χ1) is 10.7. The zero-order valence-corrected chi connectivity index (χ0v) is 15.0. The van der Waals surface area contributed by atoms with Gasteiger partial charge in [-0.2, -0.15) is 13.2 Å². The molecular weight excluding hydrogens is 343 g/mol. The molecule has 4 nitrogen and oxygen atoms in total. The Morgan fingerprint density at radius 3 is 2.12 bits per heavy atom. The van der Waals surface area contributed by atoms with Crippen molar-refractivity contribution in [1.82, 2.24) is 4.72 Å². The Labute approximate surface area is 142 Å². The van der Waals surface area contributed by atoms with Crippen LogP contribution < -0.4 is 4.72 Å². The quantitative estimate of drug-likeness (QED) is 0.836. The summed E-state index contributed by atoms with van der Waals surface area (Å²) in [6.07, 6.45) is -4.56. The van der Waals surface area contributed by atoms with Crippen LogP contribution in [0, 0.1) is 0 Å². The molecule has 0 saturated heterocycles. The van der Waals surface area contributed by atoms with Gasteiger partial charge >= 0.3 is 12.1 Å². The average Bonchev–Trinajstić information content (AvgIpc) is 2.35. The summed E-state index contributed by atoms with van der Waals surface area (Å²) in [4.78, 5) is 11.7. The van der Waals surface area contributed by atoms with Crippen molar-refractivity contribution >= 4 is 17.0 Å². The Bertz CT molecular complexity index is 636. The number of alkyl halides is 3. The Morgan fingerprint density at radius 2 is 1.71 bits per heavy atom. The second-order valence-electron chi connectivity index (χ2n) is 7.10. The molecule has 0 aliphatic rings. The number of carbonyl (C=O) groups is 1. The Kier molecular flexibility index (Phi) is 5.88.